The first kappa shape index (κ1) is 14.1. The highest BCUT2D eigenvalue weighted by molar-refractivity contribution is 5.36. The van der Waals surface area contributed by atoms with Crippen LogP contribution in [0.15, 0.2) is 23.7 Å². The smallest absolute Gasteiger partial charge is 0.160 e. The Balaban J connectivity index is 1.70. The molecule has 4 nitrogen and oxygen atoms in total. The summed E-state index contributed by atoms with van der Waals surface area (Å²) < 4.78 is 29.7. The van der Waals surface area contributed by atoms with Gasteiger partial charge in [-0.3, -0.25) is 0 Å². The molecule has 0 radical (unpaired) electrons. The number of halogens is 1. The Morgan fingerprint density at radius 3 is 3.00 bits per heavy atom. The Labute approximate surface area is 112 Å². The fraction of sp³-hybridized carbons (Fsp3) is 0.571. The molecular formula is C14H18FNO3. The maximum Gasteiger partial charge on any atom is 0.160 e. The summed E-state index contributed by atoms with van der Waals surface area (Å²) in [6.45, 7) is 1.42. The second-order valence-corrected chi connectivity index (χ2v) is 4.34. The second kappa shape index (κ2) is 7.29. The summed E-state index contributed by atoms with van der Waals surface area (Å²) in [4.78, 5) is 0. The molecule has 2 N–H and O–H groups in total. The molecule has 1 saturated heterocycles. The summed E-state index contributed by atoms with van der Waals surface area (Å²) in [5.41, 5.74) is 5.62. The molecule has 104 valence electrons. The first-order valence-corrected chi connectivity index (χ1v) is 6.45. The van der Waals surface area contributed by atoms with Gasteiger partial charge in [0, 0.05) is 6.61 Å². The lowest BCUT2D eigenvalue weighted by molar-refractivity contribution is -0.169. The van der Waals surface area contributed by atoms with Crippen LogP contribution in [0, 0.1) is 11.8 Å². The van der Waals surface area contributed by atoms with Gasteiger partial charge in [0.2, 0.25) is 0 Å². The standard InChI is InChI=1S/C14H18FNO3/c15-11-5-1-2-6-12(14(11)16)17-9-10-19-13-7-3-4-8-18-13/h1,5,12-13H,3-4,7-10,16H2. The molecule has 0 saturated carbocycles. The number of hydrogen-bond acceptors (Lipinski definition) is 4. The summed E-state index contributed by atoms with van der Waals surface area (Å²) in [6.07, 6.45) is 4.89. The van der Waals surface area contributed by atoms with Crippen LogP contribution in [0.4, 0.5) is 4.39 Å². The lowest BCUT2D eigenvalue weighted by Crippen LogP contribution is -2.26. The van der Waals surface area contributed by atoms with Gasteiger partial charge < -0.3 is 19.9 Å². The minimum atomic E-state index is -0.717. The van der Waals surface area contributed by atoms with Gasteiger partial charge in [-0.2, -0.15) is 0 Å². The zero-order chi connectivity index (χ0) is 13.5. The third kappa shape index (κ3) is 4.35. The zero-order valence-corrected chi connectivity index (χ0v) is 10.7. The highest BCUT2D eigenvalue weighted by atomic mass is 19.1. The van der Waals surface area contributed by atoms with Gasteiger partial charge in [-0.05, 0) is 31.4 Å². The van der Waals surface area contributed by atoms with Crippen LogP contribution < -0.4 is 5.73 Å². The van der Waals surface area contributed by atoms with Crippen molar-refractivity contribution in [2.45, 2.75) is 31.7 Å². The molecule has 1 aliphatic heterocycles. The summed E-state index contributed by atoms with van der Waals surface area (Å²) in [5, 5.41) is 0. The molecule has 1 fully saturated rings. The summed E-state index contributed by atoms with van der Waals surface area (Å²) in [7, 11) is 0. The molecule has 0 aromatic carbocycles. The molecular weight excluding hydrogens is 249 g/mol. The van der Waals surface area contributed by atoms with Gasteiger partial charge in [-0.15, -0.1) is 0 Å². The fourth-order valence-electron chi connectivity index (χ4n) is 1.86. The van der Waals surface area contributed by atoms with Gasteiger partial charge in [0.1, 0.15) is 5.83 Å². The van der Waals surface area contributed by atoms with Crippen molar-refractivity contribution >= 4 is 0 Å². The molecule has 1 aliphatic carbocycles. The van der Waals surface area contributed by atoms with E-state index in [-0.39, 0.29) is 12.0 Å². The summed E-state index contributed by atoms with van der Waals surface area (Å²) in [6, 6.07) is 0. The number of nitrogens with two attached hydrogens (primary N) is 1. The lowest BCUT2D eigenvalue weighted by Gasteiger charge is -2.23. The molecule has 2 rings (SSSR count). The largest absolute Gasteiger partial charge is 0.397 e. The summed E-state index contributed by atoms with van der Waals surface area (Å²) in [5.74, 6) is 4.88. The molecule has 1 heterocycles. The highest BCUT2D eigenvalue weighted by Gasteiger charge is 2.16. The molecule has 0 aromatic heterocycles. The molecule has 19 heavy (non-hydrogen) atoms. The van der Waals surface area contributed by atoms with Gasteiger partial charge in [0.15, 0.2) is 12.4 Å². The summed E-state index contributed by atoms with van der Waals surface area (Å²) >= 11 is 0. The van der Waals surface area contributed by atoms with E-state index in [2.05, 4.69) is 11.8 Å². The fourth-order valence-corrected chi connectivity index (χ4v) is 1.86. The Kier molecular flexibility index (Phi) is 5.40. The Morgan fingerprint density at radius 1 is 1.37 bits per heavy atom. The van der Waals surface area contributed by atoms with E-state index in [0.29, 0.717) is 13.2 Å². The molecule has 0 amide bonds. The van der Waals surface area contributed by atoms with E-state index in [4.69, 9.17) is 19.9 Å². The molecule has 2 aliphatic rings. The maximum atomic E-state index is 13.3. The predicted molar refractivity (Wildman–Crippen MR) is 68.5 cm³/mol. The van der Waals surface area contributed by atoms with Gasteiger partial charge >= 0.3 is 0 Å². The van der Waals surface area contributed by atoms with E-state index in [1.807, 2.05) is 0 Å². The third-order valence-corrected chi connectivity index (χ3v) is 2.90. The minimum absolute atomic E-state index is 0.00941. The average molecular weight is 267 g/mol. The zero-order valence-electron chi connectivity index (χ0n) is 10.7. The average Bonchev–Trinajstić information content (AvgIpc) is 2.60. The number of rotatable bonds is 5. The predicted octanol–water partition coefficient (Wildman–Crippen LogP) is 1.63. The van der Waals surface area contributed by atoms with Crippen LogP contribution in [-0.4, -0.2) is 32.2 Å². The molecule has 2 unspecified atom stereocenters. The van der Waals surface area contributed by atoms with E-state index in [9.17, 15) is 4.39 Å². The van der Waals surface area contributed by atoms with Crippen molar-refractivity contribution in [1.82, 2.24) is 0 Å². The van der Waals surface area contributed by atoms with E-state index < -0.39 is 11.9 Å². The molecule has 2 atom stereocenters. The third-order valence-electron chi connectivity index (χ3n) is 2.90. The number of allylic oxidation sites excluding steroid dienone is 3. The van der Waals surface area contributed by atoms with Crippen molar-refractivity contribution in [3.05, 3.63) is 23.7 Å². The molecule has 5 heteroatoms. The van der Waals surface area contributed by atoms with Gasteiger partial charge in [-0.1, -0.05) is 11.8 Å². The second-order valence-electron chi connectivity index (χ2n) is 4.34. The molecule has 0 bridgehead atoms. The number of ether oxygens (including phenoxy) is 3. The SMILES string of the molecule is NC1=C(F)C=CC#CC1OCCOC1CCCCO1. The van der Waals surface area contributed by atoms with Gasteiger partial charge in [-0.25, -0.2) is 4.39 Å². The maximum absolute atomic E-state index is 13.3. The highest BCUT2D eigenvalue weighted by Crippen LogP contribution is 2.14. The van der Waals surface area contributed by atoms with Crippen molar-refractivity contribution in [3.63, 3.8) is 0 Å². The molecule has 0 aromatic rings. The van der Waals surface area contributed by atoms with E-state index >= 15 is 0 Å². The molecule has 0 spiro atoms. The lowest BCUT2D eigenvalue weighted by atomic mass is 10.2. The van der Waals surface area contributed by atoms with Crippen LogP contribution in [0.2, 0.25) is 0 Å². The van der Waals surface area contributed by atoms with Crippen LogP contribution in [0.3, 0.4) is 0 Å². The number of hydrogen-bond donors (Lipinski definition) is 1. The van der Waals surface area contributed by atoms with E-state index in [0.717, 1.165) is 25.9 Å². The van der Waals surface area contributed by atoms with Crippen molar-refractivity contribution in [2.75, 3.05) is 19.8 Å². The Morgan fingerprint density at radius 2 is 2.21 bits per heavy atom. The van der Waals surface area contributed by atoms with Crippen molar-refractivity contribution in [1.29, 1.82) is 0 Å². The van der Waals surface area contributed by atoms with Crippen molar-refractivity contribution in [2.24, 2.45) is 5.73 Å². The first-order valence-electron chi connectivity index (χ1n) is 6.45. The first-order chi connectivity index (χ1) is 9.27. The van der Waals surface area contributed by atoms with E-state index in [1.54, 1.807) is 0 Å². The van der Waals surface area contributed by atoms with Gasteiger partial charge in [0.25, 0.3) is 0 Å². The minimum Gasteiger partial charge on any atom is -0.397 e. The quantitative estimate of drug-likeness (QED) is 0.607. The Bertz CT molecular complexity index is 416. The Hall–Kier alpha value is -1.35. The topological polar surface area (TPSA) is 53.7 Å². The van der Waals surface area contributed by atoms with Crippen LogP contribution in [-0.2, 0) is 14.2 Å². The van der Waals surface area contributed by atoms with Gasteiger partial charge in [0.05, 0.1) is 18.9 Å². The van der Waals surface area contributed by atoms with Crippen LogP contribution >= 0.6 is 0 Å². The van der Waals surface area contributed by atoms with Crippen LogP contribution in [0.1, 0.15) is 19.3 Å². The normalized spacial score (nSPS) is 26.8. The van der Waals surface area contributed by atoms with Crippen molar-refractivity contribution in [3.8, 4) is 11.8 Å². The van der Waals surface area contributed by atoms with Crippen molar-refractivity contribution < 1.29 is 18.6 Å². The van der Waals surface area contributed by atoms with Crippen LogP contribution in [0.25, 0.3) is 0 Å². The van der Waals surface area contributed by atoms with E-state index in [1.165, 1.54) is 12.2 Å². The monoisotopic (exact) mass is 267 g/mol. The van der Waals surface area contributed by atoms with Crippen LogP contribution in [0.5, 0.6) is 0 Å².